The lowest BCUT2D eigenvalue weighted by molar-refractivity contribution is 0.0941. The molecule has 0 unspecified atom stereocenters. The minimum Gasteiger partial charge on any atom is -0.342 e. The largest absolute Gasteiger partial charge is 0.342 e. The summed E-state index contributed by atoms with van der Waals surface area (Å²) in [6.07, 6.45) is 10.4. The molecular weight excluding hydrogens is 176 g/mol. The fourth-order valence-electron chi connectivity index (χ4n) is 2.17. The van der Waals surface area contributed by atoms with E-state index in [0.29, 0.717) is 18.2 Å². The maximum absolute atomic E-state index is 11.7. The van der Waals surface area contributed by atoms with Crippen LogP contribution in [0.5, 0.6) is 0 Å². The van der Waals surface area contributed by atoms with Crippen LogP contribution in [0.4, 0.5) is 0 Å². The summed E-state index contributed by atoms with van der Waals surface area (Å²) in [6, 6.07) is 0. The number of carbonyl (C=O) groups is 1. The normalized spacial score (nSPS) is 18.3. The molecule has 3 heteroatoms. The molecular formula is C11H16N2O. The molecule has 1 fully saturated rings. The zero-order valence-electron chi connectivity index (χ0n) is 8.33. The maximum atomic E-state index is 11.7. The molecule has 76 valence electrons. The van der Waals surface area contributed by atoms with E-state index in [1.54, 1.807) is 12.4 Å². The molecule has 0 saturated heterocycles. The van der Waals surface area contributed by atoms with Crippen molar-refractivity contribution in [3.8, 4) is 0 Å². The van der Waals surface area contributed by atoms with Gasteiger partial charge in [0.25, 0.3) is 0 Å². The fourth-order valence-corrected chi connectivity index (χ4v) is 2.17. The van der Waals surface area contributed by atoms with E-state index < -0.39 is 0 Å². The van der Waals surface area contributed by atoms with E-state index in [4.69, 9.17) is 0 Å². The van der Waals surface area contributed by atoms with Crippen molar-refractivity contribution < 1.29 is 4.79 Å². The number of nitrogens with one attached hydrogen (secondary N) is 1. The zero-order valence-corrected chi connectivity index (χ0v) is 8.33. The lowest BCUT2D eigenvalue weighted by Gasteiger charge is -2.20. The van der Waals surface area contributed by atoms with E-state index in [0.717, 1.165) is 0 Å². The van der Waals surface area contributed by atoms with Crippen molar-refractivity contribution in [1.29, 1.82) is 0 Å². The zero-order chi connectivity index (χ0) is 9.80. The fraction of sp³-hybridized carbons (Fsp3) is 0.636. The van der Waals surface area contributed by atoms with Gasteiger partial charge in [-0.2, -0.15) is 0 Å². The summed E-state index contributed by atoms with van der Waals surface area (Å²) in [6.45, 7) is 0. The van der Waals surface area contributed by atoms with Gasteiger partial charge in [0.2, 0.25) is 0 Å². The van der Waals surface area contributed by atoms with Gasteiger partial charge in [0.1, 0.15) is 0 Å². The van der Waals surface area contributed by atoms with Crippen LogP contribution in [0.3, 0.4) is 0 Å². The Morgan fingerprint density at radius 3 is 2.86 bits per heavy atom. The van der Waals surface area contributed by atoms with Crippen LogP contribution in [0.2, 0.25) is 0 Å². The first-order chi connectivity index (χ1) is 6.86. The third-order valence-corrected chi connectivity index (χ3v) is 2.96. The van der Waals surface area contributed by atoms with Crippen LogP contribution in [-0.2, 0) is 0 Å². The summed E-state index contributed by atoms with van der Waals surface area (Å²) in [5.74, 6) is 1.29. The molecule has 0 amide bonds. The highest BCUT2D eigenvalue weighted by Crippen LogP contribution is 2.26. The summed E-state index contributed by atoms with van der Waals surface area (Å²) in [5, 5.41) is 0. The molecule has 0 spiro atoms. The van der Waals surface area contributed by atoms with E-state index in [9.17, 15) is 4.79 Å². The van der Waals surface area contributed by atoms with Gasteiger partial charge in [0.15, 0.2) is 11.6 Å². The lowest BCUT2D eigenvalue weighted by atomic mass is 9.86. The highest BCUT2D eigenvalue weighted by molar-refractivity contribution is 5.92. The molecule has 1 saturated carbocycles. The number of hydrogen-bond donors (Lipinski definition) is 1. The van der Waals surface area contributed by atoms with Gasteiger partial charge < -0.3 is 4.98 Å². The van der Waals surface area contributed by atoms with Gasteiger partial charge in [-0.3, -0.25) is 4.79 Å². The van der Waals surface area contributed by atoms with Crippen molar-refractivity contribution >= 4 is 5.78 Å². The number of imidazole rings is 1. The molecule has 2 rings (SSSR count). The second-order valence-electron chi connectivity index (χ2n) is 4.07. The summed E-state index contributed by atoms with van der Waals surface area (Å²) in [7, 11) is 0. The molecule has 1 aliphatic rings. The second-order valence-corrected chi connectivity index (χ2v) is 4.07. The van der Waals surface area contributed by atoms with E-state index in [1.165, 1.54) is 32.1 Å². The molecule has 14 heavy (non-hydrogen) atoms. The predicted molar refractivity (Wildman–Crippen MR) is 54.1 cm³/mol. The average molecular weight is 192 g/mol. The van der Waals surface area contributed by atoms with E-state index in [2.05, 4.69) is 9.97 Å². The number of aromatic amines is 1. The van der Waals surface area contributed by atoms with Gasteiger partial charge in [-0.15, -0.1) is 0 Å². The van der Waals surface area contributed by atoms with Crippen molar-refractivity contribution in [2.24, 2.45) is 5.92 Å². The highest BCUT2D eigenvalue weighted by atomic mass is 16.1. The Kier molecular flexibility index (Phi) is 2.96. The van der Waals surface area contributed by atoms with Gasteiger partial charge in [-0.25, -0.2) is 4.98 Å². The Balaban J connectivity index is 1.87. The molecule has 0 aliphatic heterocycles. The first-order valence-electron chi connectivity index (χ1n) is 5.39. The Morgan fingerprint density at radius 1 is 1.43 bits per heavy atom. The smallest absolute Gasteiger partial charge is 0.198 e. The predicted octanol–water partition coefficient (Wildman–Crippen LogP) is 2.56. The van der Waals surface area contributed by atoms with Crippen LogP contribution in [0.25, 0.3) is 0 Å². The first-order valence-corrected chi connectivity index (χ1v) is 5.39. The van der Waals surface area contributed by atoms with Crippen LogP contribution in [0.1, 0.15) is 49.1 Å². The summed E-state index contributed by atoms with van der Waals surface area (Å²) >= 11 is 0. The van der Waals surface area contributed by atoms with Gasteiger partial charge >= 0.3 is 0 Å². The van der Waals surface area contributed by atoms with Crippen LogP contribution in [0.15, 0.2) is 12.4 Å². The van der Waals surface area contributed by atoms with Gasteiger partial charge in [0, 0.05) is 18.8 Å². The van der Waals surface area contributed by atoms with E-state index in [1.807, 2.05) is 0 Å². The molecule has 1 heterocycles. The van der Waals surface area contributed by atoms with Gasteiger partial charge in [-0.1, -0.05) is 32.1 Å². The Labute approximate surface area is 83.9 Å². The first kappa shape index (κ1) is 9.44. The van der Waals surface area contributed by atoms with Crippen molar-refractivity contribution in [1.82, 2.24) is 9.97 Å². The van der Waals surface area contributed by atoms with Crippen LogP contribution in [0, 0.1) is 5.92 Å². The van der Waals surface area contributed by atoms with Crippen molar-refractivity contribution in [2.75, 3.05) is 0 Å². The highest BCUT2D eigenvalue weighted by Gasteiger charge is 2.18. The average Bonchev–Trinajstić information content (AvgIpc) is 2.72. The Morgan fingerprint density at radius 2 is 2.21 bits per heavy atom. The van der Waals surface area contributed by atoms with E-state index >= 15 is 0 Å². The molecule has 0 atom stereocenters. The molecule has 0 radical (unpaired) electrons. The number of nitrogens with zero attached hydrogens (tertiary/aromatic N) is 1. The minimum atomic E-state index is 0.168. The lowest BCUT2D eigenvalue weighted by Crippen LogP contribution is -2.13. The second kappa shape index (κ2) is 4.40. The number of ketones is 1. The molecule has 0 aromatic carbocycles. The summed E-state index contributed by atoms with van der Waals surface area (Å²) < 4.78 is 0. The Hall–Kier alpha value is -1.12. The number of H-pyrrole nitrogens is 1. The third kappa shape index (κ3) is 2.22. The molecule has 1 N–H and O–H groups in total. The monoisotopic (exact) mass is 192 g/mol. The van der Waals surface area contributed by atoms with Crippen molar-refractivity contribution in [2.45, 2.75) is 38.5 Å². The third-order valence-electron chi connectivity index (χ3n) is 2.96. The van der Waals surface area contributed by atoms with Gasteiger partial charge in [0.05, 0.1) is 0 Å². The molecule has 0 bridgehead atoms. The quantitative estimate of drug-likeness (QED) is 0.748. The Bertz CT molecular complexity index is 286. The van der Waals surface area contributed by atoms with Crippen LogP contribution < -0.4 is 0 Å². The van der Waals surface area contributed by atoms with Crippen molar-refractivity contribution in [3.05, 3.63) is 18.2 Å². The topological polar surface area (TPSA) is 45.8 Å². The van der Waals surface area contributed by atoms with Crippen LogP contribution >= 0.6 is 0 Å². The number of aromatic nitrogens is 2. The SMILES string of the molecule is O=C(CC1CCCCC1)c1ncc[nH]1. The van der Waals surface area contributed by atoms with E-state index in [-0.39, 0.29) is 5.78 Å². The molecule has 1 aliphatic carbocycles. The van der Waals surface area contributed by atoms with Gasteiger partial charge in [-0.05, 0) is 5.92 Å². The molecule has 1 aromatic rings. The molecule has 1 aromatic heterocycles. The number of Topliss-reactive ketones (excluding diaryl/α,β-unsaturated/α-hetero) is 1. The minimum absolute atomic E-state index is 0.168. The number of hydrogen-bond acceptors (Lipinski definition) is 2. The number of rotatable bonds is 3. The van der Waals surface area contributed by atoms with Crippen LogP contribution in [-0.4, -0.2) is 15.8 Å². The summed E-state index contributed by atoms with van der Waals surface area (Å²) in [4.78, 5) is 18.5. The summed E-state index contributed by atoms with van der Waals surface area (Å²) in [5.41, 5.74) is 0. The molecule has 3 nitrogen and oxygen atoms in total. The standard InChI is InChI=1S/C11H16N2O/c14-10(11-12-6-7-13-11)8-9-4-2-1-3-5-9/h6-7,9H,1-5,8H2,(H,12,13). The van der Waals surface area contributed by atoms with Crippen molar-refractivity contribution in [3.63, 3.8) is 0 Å². The number of carbonyl (C=O) groups excluding carboxylic acids is 1. The maximum Gasteiger partial charge on any atom is 0.198 e.